The molecule has 0 unspecified atom stereocenters. The Balaban J connectivity index is 1.76. The summed E-state index contributed by atoms with van der Waals surface area (Å²) in [6.07, 6.45) is 0.842. The Bertz CT molecular complexity index is 639. The average molecular weight is 358 g/mol. The lowest BCUT2D eigenvalue weighted by atomic mass is 10.3. The van der Waals surface area contributed by atoms with Crippen LogP contribution in [0.5, 0.6) is 0 Å². The van der Waals surface area contributed by atoms with Crippen LogP contribution in [0.2, 0.25) is 10.0 Å². The molecular weight excluding hydrogens is 345 g/mol. The smallest absolute Gasteiger partial charge is 0.306 e. The Morgan fingerprint density at radius 3 is 2.50 bits per heavy atom. The topological polar surface area (TPSA) is 55.4 Å². The van der Waals surface area contributed by atoms with E-state index in [4.69, 9.17) is 27.9 Å². The van der Waals surface area contributed by atoms with Crippen molar-refractivity contribution in [2.45, 2.75) is 12.8 Å². The number of benzene rings is 1. The number of thiophene rings is 1. The summed E-state index contributed by atoms with van der Waals surface area (Å²) in [6, 6.07) is 8.76. The second-order valence-corrected chi connectivity index (χ2v) is 6.23. The molecule has 1 N–H and O–H groups in total. The summed E-state index contributed by atoms with van der Waals surface area (Å²) in [5, 5.41) is 5.12. The van der Waals surface area contributed by atoms with Crippen molar-refractivity contribution in [1.29, 1.82) is 0 Å². The molecule has 0 atom stereocenters. The van der Waals surface area contributed by atoms with Crippen molar-refractivity contribution in [1.82, 2.24) is 0 Å². The number of hydrogen-bond donors (Lipinski definition) is 1. The van der Waals surface area contributed by atoms with Gasteiger partial charge in [0.1, 0.15) is 0 Å². The van der Waals surface area contributed by atoms with E-state index in [1.165, 1.54) is 0 Å². The second kappa shape index (κ2) is 8.17. The van der Waals surface area contributed by atoms with Crippen molar-refractivity contribution in [3.8, 4) is 0 Å². The number of rotatable bonds is 6. The third kappa shape index (κ3) is 5.02. The Morgan fingerprint density at radius 1 is 1.14 bits per heavy atom. The Hall–Kier alpha value is -1.56. The van der Waals surface area contributed by atoms with Crippen LogP contribution in [-0.2, 0) is 20.7 Å². The molecular formula is C15H13Cl2NO3S. The van der Waals surface area contributed by atoms with Crippen LogP contribution in [0.1, 0.15) is 11.3 Å². The van der Waals surface area contributed by atoms with Crippen LogP contribution in [-0.4, -0.2) is 18.5 Å². The monoisotopic (exact) mass is 357 g/mol. The number of nitrogens with one attached hydrogen (secondary N) is 1. The van der Waals surface area contributed by atoms with Gasteiger partial charge in [0, 0.05) is 4.88 Å². The molecule has 0 saturated carbocycles. The van der Waals surface area contributed by atoms with E-state index in [1.54, 1.807) is 29.5 Å². The highest BCUT2D eigenvalue weighted by molar-refractivity contribution is 7.09. The molecule has 0 aliphatic rings. The fourth-order valence-electron chi connectivity index (χ4n) is 1.69. The highest BCUT2D eigenvalue weighted by Crippen LogP contribution is 2.29. The van der Waals surface area contributed by atoms with Crippen LogP contribution in [0.3, 0.4) is 0 Å². The third-order valence-electron chi connectivity index (χ3n) is 2.75. The lowest BCUT2D eigenvalue weighted by Crippen LogP contribution is -2.21. The molecule has 4 nitrogen and oxygen atoms in total. The summed E-state index contributed by atoms with van der Waals surface area (Å²) in [5.41, 5.74) is 0.311. The first-order valence-corrected chi connectivity index (χ1v) is 8.11. The van der Waals surface area contributed by atoms with Crippen molar-refractivity contribution in [2.75, 3.05) is 11.9 Å². The predicted octanol–water partition coefficient (Wildman–Crippen LogP) is 4.17. The highest BCUT2D eigenvalue weighted by atomic mass is 35.5. The van der Waals surface area contributed by atoms with E-state index in [0.717, 1.165) is 4.88 Å². The summed E-state index contributed by atoms with van der Waals surface area (Å²) in [5.74, 6) is -0.909. The number of ether oxygens (including phenoxy) is 1. The van der Waals surface area contributed by atoms with Crippen molar-refractivity contribution >= 4 is 52.1 Å². The van der Waals surface area contributed by atoms with Crippen LogP contribution in [0, 0.1) is 0 Å². The van der Waals surface area contributed by atoms with Crippen molar-refractivity contribution < 1.29 is 14.3 Å². The minimum absolute atomic E-state index is 0.237. The Labute approximate surface area is 142 Å². The molecule has 0 spiro atoms. The first-order valence-electron chi connectivity index (χ1n) is 6.48. The van der Waals surface area contributed by atoms with Crippen LogP contribution < -0.4 is 5.32 Å². The number of aryl methyl sites for hydroxylation is 1. The number of anilines is 1. The number of amides is 1. The molecule has 0 saturated heterocycles. The molecule has 1 aromatic carbocycles. The van der Waals surface area contributed by atoms with Gasteiger partial charge in [-0.2, -0.15) is 0 Å². The summed E-state index contributed by atoms with van der Waals surface area (Å²) >= 11 is 13.5. The van der Waals surface area contributed by atoms with Gasteiger partial charge in [0.25, 0.3) is 5.91 Å². The normalized spacial score (nSPS) is 10.3. The molecule has 2 aromatic rings. The van der Waals surface area contributed by atoms with Crippen molar-refractivity contribution in [3.05, 3.63) is 50.6 Å². The quantitative estimate of drug-likeness (QED) is 0.789. The Morgan fingerprint density at radius 2 is 1.86 bits per heavy atom. The molecule has 2 rings (SSSR count). The summed E-state index contributed by atoms with van der Waals surface area (Å²) in [7, 11) is 0. The number of para-hydroxylation sites is 1. The zero-order chi connectivity index (χ0) is 15.9. The minimum atomic E-state index is -0.487. The van der Waals surface area contributed by atoms with E-state index < -0.39 is 11.9 Å². The summed E-state index contributed by atoms with van der Waals surface area (Å²) in [4.78, 5) is 24.4. The molecule has 0 fully saturated rings. The SMILES string of the molecule is O=C(COC(=O)CCc1cccs1)Nc1c(Cl)cccc1Cl. The maximum absolute atomic E-state index is 11.8. The van der Waals surface area contributed by atoms with Crippen LogP contribution in [0.25, 0.3) is 0 Å². The van der Waals surface area contributed by atoms with Crippen molar-refractivity contribution in [3.63, 3.8) is 0 Å². The fraction of sp³-hybridized carbons (Fsp3) is 0.200. The number of esters is 1. The first kappa shape index (κ1) is 16.8. The van der Waals surface area contributed by atoms with E-state index in [2.05, 4.69) is 5.32 Å². The van der Waals surface area contributed by atoms with E-state index >= 15 is 0 Å². The second-order valence-electron chi connectivity index (χ2n) is 4.38. The molecule has 0 aliphatic heterocycles. The molecule has 0 radical (unpaired) electrons. The van der Waals surface area contributed by atoms with Gasteiger partial charge in [-0.25, -0.2) is 0 Å². The largest absolute Gasteiger partial charge is 0.456 e. The van der Waals surface area contributed by atoms with Gasteiger partial charge in [-0.15, -0.1) is 11.3 Å². The van der Waals surface area contributed by atoms with Gasteiger partial charge >= 0.3 is 5.97 Å². The zero-order valence-corrected chi connectivity index (χ0v) is 13.8. The third-order valence-corrected chi connectivity index (χ3v) is 4.31. The van der Waals surface area contributed by atoms with Crippen molar-refractivity contribution in [2.24, 2.45) is 0 Å². The van der Waals surface area contributed by atoms with Gasteiger partial charge in [-0.3, -0.25) is 9.59 Å². The first-order chi connectivity index (χ1) is 10.6. The molecule has 0 aliphatic carbocycles. The lowest BCUT2D eigenvalue weighted by Gasteiger charge is -2.09. The molecule has 0 bridgehead atoms. The van der Waals surface area contributed by atoms with E-state index in [0.29, 0.717) is 22.2 Å². The van der Waals surface area contributed by atoms with Gasteiger partial charge in [0.05, 0.1) is 22.2 Å². The predicted molar refractivity (Wildman–Crippen MR) is 88.7 cm³/mol. The highest BCUT2D eigenvalue weighted by Gasteiger charge is 2.12. The Kier molecular flexibility index (Phi) is 6.24. The van der Waals surface area contributed by atoms with Gasteiger partial charge in [-0.1, -0.05) is 35.3 Å². The standard InChI is InChI=1S/C15H13Cl2NO3S/c16-11-4-1-5-12(17)15(11)18-13(19)9-21-14(20)7-6-10-3-2-8-22-10/h1-5,8H,6-7,9H2,(H,18,19). The van der Waals surface area contributed by atoms with Gasteiger partial charge in [0.15, 0.2) is 6.61 Å². The van der Waals surface area contributed by atoms with Gasteiger partial charge < -0.3 is 10.1 Å². The number of hydrogen-bond acceptors (Lipinski definition) is 4. The average Bonchev–Trinajstić information content (AvgIpc) is 3.00. The van der Waals surface area contributed by atoms with E-state index in [-0.39, 0.29) is 13.0 Å². The van der Waals surface area contributed by atoms with Crippen LogP contribution >= 0.6 is 34.5 Å². The molecule has 116 valence electrons. The molecule has 1 heterocycles. The molecule has 1 aromatic heterocycles. The van der Waals surface area contributed by atoms with Crippen LogP contribution in [0.4, 0.5) is 5.69 Å². The number of carbonyl (C=O) groups excluding carboxylic acids is 2. The number of carbonyl (C=O) groups is 2. The van der Waals surface area contributed by atoms with E-state index in [1.807, 2.05) is 17.5 Å². The molecule has 7 heteroatoms. The lowest BCUT2D eigenvalue weighted by molar-refractivity contribution is -0.147. The van der Waals surface area contributed by atoms with E-state index in [9.17, 15) is 9.59 Å². The van der Waals surface area contributed by atoms with Gasteiger partial charge in [0.2, 0.25) is 0 Å². The molecule has 22 heavy (non-hydrogen) atoms. The minimum Gasteiger partial charge on any atom is -0.456 e. The van der Waals surface area contributed by atoms with Gasteiger partial charge in [-0.05, 0) is 30.0 Å². The number of halogens is 2. The maximum Gasteiger partial charge on any atom is 0.306 e. The van der Waals surface area contributed by atoms with Crippen LogP contribution in [0.15, 0.2) is 35.7 Å². The maximum atomic E-state index is 11.8. The zero-order valence-electron chi connectivity index (χ0n) is 11.5. The molecule has 1 amide bonds. The fourth-order valence-corrected chi connectivity index (χ4v) is 2.89. The summed E-state index contributed by atoms with van der Waals surface area (Å²) in [6.45, 7) is -0.370. The summed E-state index contributed by atoms with van der Waals surface area (Å²) < 4.78 is 4.92.